The minimum atomic E-state index is -0.435. The molecule has 0 radical (unpaired) electrons. The van der Waals surface area contributed by atoms with Crippen molar-refractivity contribution < 1.29 is 0 Å². The van der Waals surface area contributed by atoms with Crippen LogP contribution < -0.4 is 0 Å². The van der Waals surface area contributed by atoms with Gasteiger partial charge in [-0.1, -0.05) is 35.3 Å². The number of alkyl halides is 1. The molecule has 0 bridgehead atoms. The fraction of sp³-hybridized carbons (Fsp3) is 0.0769. The van der Waals surface area contributed by atoms with Crippen molar-refractivity contribution >= 4 is 45.7 Å². The molecule has 1 atom stereocenters. The van der Waals surface area contributed by atoms with Gasteiger partial charge in [0.15, 0.2) is 0 Å². The summed E-state index contributed by atoms with van der Waals surface area (Å²) in [6, 6.07) is 5.82. The zero-order chi connectivity index (χ0) is 13.4. The number of hydrogen-bond acceptors (Lipinski definition) is 2. The maximum atomic E-state index is 6.48. The van der Waals surface area contributed by atoms with Crippen molar-refractivity contribution in [2.75, 3.05) is 0 Å². The molecule has 2 heterocycles. The van der Waals surface area contributed by atoms with Crippen LogP contribution in [0.1, 0.15) is 16.5 Å². The summed E-state index contributed by atoms with van der Waals surface area (Å²) >= 11 is 18.7. The van der Waals surface area contributed by atoms with Crippen LogP contribution in [0.5, 0.6) is 0 Å². The van der Waals surface area contributed by atoms with Gasteiger partial charge in [0.2, 0.25) is 0 Å². The van der Waals surface area contributed by atoms with Crippen LogP contribution in [0, 0.1) is 0 Å². The molecule has 6 heteroatoms. The number of halogens is 3. The van der Waals surface area contributed by atoms with Crippen LogP contribution in [0.15, 0.2) is 36.8 Å². The van der Waals surface area contributed by atoms with Crippen molar-refractivity contribution in [3.05, 3.63) is 58.0 Å². The predicted octanol–water partition coefficient (Wildman–Crippen LogP) is 4.59. The van der Waals surface area contributed by atoms with E-state index in [1.54, 1.807) is 6.20 Å². The Labute approximate surface area is 124 Å². The van der Waals surface area contributed by atoms with E-state index in [1.807, 2.05) is 18.2 Å². The van der Waals surface area contributed by atoms with Gasteiger partial charge < -0.3 is 0 Å². The van der Waals surface area contributed by atoms with Gasteiger partial charge in [0.25, 0.3) is 0 Å². The van der Waals surface area contributed by atoms with Crippen molar-refractivity contribution in [1.29, 1.82) is 0 Å². The van der Waals surface area contributed by atoms with E-state index in [1.165, 1.54) is 12.4 Å². The Bertz CT molecular complexity index is 719. The van der Waals surface area contributed by atoms with Gasteiger partial charge in [0.1, 0.15) is 0 Å². The molecule has 0 aliphatic heterocycles. The number of fused-ring (bicyclic) bond motifs is 1. The molecular formula is C13H8Cl3N3. The number of aromatic amines is 1. The number of rotatable bonds is 2. The van der Waals surface area contributed by atoms with Crippen LogP contribution in [-0.4, -0.2) is 15.2 Å². The smallest absolute Gasteiger partial charge is 0.0866 e. The lowest BCUT2D eigenvalue weighted by Gasteiger charge is -2.13. The van der Waals surface area contributed by atoms with E-state index >= 15 is 0 Å². The minimum absolute atomic E-state index is 0.435. The van der Waals surface area contributed by atoms with E-state index in [-0.39, 0.29) is 0 Å². The lowest BCUT2D eigenvalue weighted by molar-refractivity contribution is 1.10. The summed E-state index contributed by atoms with van der Waals surface area (Å²) in [5, 5.41) is 8.39. The van der Waals surface area contributed by atoms with Crippen LogP contribution in [-0.2, 0) is 0 Å². The maximum Gasteiger partial charge on any atom is 0.0866 e. The molecule has 1 unspecified atom stereocenters. The highest BCUT2D eigenvalue weighted by molar-refractivity contribution is 6.37. The van der Waals surface area contributed by atoms with Crippen LogP contribution >= 0.6 is 34.8 Å². The van der Waals surface area contributed by atoms with Crippen molar-refractivity contribution in [2.24, 2.45) is 0 Å². The van der Waals surface area contributed by atoms with Crippen molar-refractivity contribution in [2.45, 2.75) is 5.38 Å². The highest BCUT2D eigenvalue weighted by Crippen LogP contribution is 2.38. The second-order valence-corrected chi connectivity index (χ2v) is 5.35. The third-order valence-corrected chi connectivity index (χ3v) is 3.98. The van der Waals surface area contributed by atoms with Gasteiger partial charge in [-0.15, -0.1) is 11.6 Å². The summed E-state index contributed by atoms with van der Waals surface area (Å²) in [4.78, 5) is 3.92. The Morgan fingerprint density at radius 3 is 2.53 bits per heavy atom. The van der Waals surface area contributed by atoms with E-state index in [2.05, 4.69) is 15.2 Å². The van der Waals surface area contributed by atoms with Gasteiger partial charge in [0, 0.05) is 23.3 Å². The zero-order valence-corrected chi connectivity index (χ0v) is 11.8. The lowest BCUT2D eigenvalue weighted by atomic mass is 10.0. The normalized spacial score (nSPS) is 12.8. The van der Waals surface area contributed by atoms with Gasteiger partial charge in [-0.2, -0.15) is 5.10 Å². The highest BCUT2D eigenvalue weighted by Gasteiger charge is 2.18. The SMILES string of the molecule is Clc1cncc(Cl)c1C(Cl)c1ccc2cn[nH]c2c1. The molecule has 96 valence electrons. The Morgan fingerprint density at radius 1 is 1.05 bits per heavy atom. The van der Waals surface area contributed by atoms with Crippen molar-refractivity contribution in [3.8, 4) is 0 Å². The van der Waals surface area contributed by atoms with Gasteiger partial charge >= 0.3 is 0 Å². The van der Waals surface area contributed by atoms with Crippen LogP contribution in [0.2, 0.25) is 10.0 Å². The van der Waals surface area contributed by atoms with Gasteiger partial charge in [0.05, 0.1) is 27.1 Å². The molecule has 0 saturated heterocycles. The first-order valence-electron chi connectivity index (χ1n) is 5.53. The number of aromatic nitrogens is 3. The standard InChI is InChI=1S/C13H8Cl3N3/c14-9-5-17-6-10(15)12(9)13(16)7-1-2-8-4-18-19-11(8)3-7/h1-6,13H,(H,18,19). The molecule has 0 aliphatic carbocycles. The summed E-state index contributed by atoms with van der Waals surface area (Å²) in [5.41, 5.74) is 2.48. The number of hydrogen-bond donors (Lipinski definition) is 1. The van der Waals surface area contributed by atoms with E-state index < -0.39 is 5.38 Å². The number of benzene rings is 1. The monoisotopic (exact) mass is 311 g/mol. The first-order chi connectivity index (χ1) is 9.16. The Kier molecular flexibility index (Phi) is 3.35. The maximum absolute atomic E-state index is 6.48. The lowest BCUT2D eigenvalue weighted by Crippen LogP contribution is -1.96. The third kappa shape index (κ3) is 2.29. The quantitative estimate of drug-likeness (QED) is 0.703. The third-order valence-electron chi connectivity index (χ3n) is 2.90. The second kappa shape index (κ2) is 5.00. The fourth-order valence-corrected chi connectivity index (χ4v) is 3.01. The molecule has 2 aromatic heterocycles. The number of nitrogens with one attached hydrogen (secondary N) is 1. The molecule has 19 heavy (non-hydrogen) atoms. The summed E-state index contributed by atoms with van der Waals surface area (Å²) in [6.45, 7) is 0. The van der Waals surface area contributed by atoms with Crippen molar-refractivity contribution in [3.63, 3.8) is 0 Å². The van der Waals surface area contributed by atoms with Gasteiger partial charge in [-0.3, -0.25) is 10.1 Å². The molecule has 1 N–H and O–H groups in total. The molecule has 3 nitrogen and oxygen atoms in total. The van der Waals surface area contributed by atoms with E-state index in [0.717, 1.165) is 16.5 Å². The molecule has 3 aromatic rings. The molecule has 1 aromatic carbocycles. The van der Waals surface area contributed by atoms with Crippen molar-refractivity contribution in [1.82, 2.24) is 15.2 Å². The predicted molar refractivity (Wildman–Crippen MR) is 78.0 cm³/mol. The molecular weight excluding hydrogens is 305 g/mol. The summed E-state index contributed by atoms with van der Waals surface area (Å²) in [6.07, 6.45) is 4.83. The zero-order valence-electron chi connectivity index (χ0n) is 9.57. The van der Waals surface area contributed by atoms with E-state index in [9.17, 15) is 0 Å². The molecule has 0 amide bonds. The highest BCUT2D eigenvalue weighted by atomic mass is 35.5. The second-order valence-electron chi connectivity index (χ2n) is 4.10. The fourth-order valence-electron chi connectivity index (χ4n) is 1.94. The summed E-state index contributed by atoms with van der Waals surface area (Å²) in [7, 11) is 0. The topological polar surface area (TPSA) is 41.6 Å². The number of pyridine rings is 1. The first kappa shape index (κ1) is 12.7. The number of nitrogens with zero attached hydrogens (tertiary/aromatic N) is 2. The first-order valence-corrected chi connectivity index (χ1v) is 6.72. The van der Waals surface area contributed by atoms with Gasteiger partial charge in [-0.25, -0.2) is 0 Å². The molecule has 0 fully saturated rings. The molecule has 3 rings (SSSR count). The van der Waals surface area contributed by atoms with Crippen LogP contribution in [0.25, 0.3) is 10.9 Å². The molecule has 0 saturated carbocycles. The molecule has 0 spiro atoms. The average Bonchev–Trinajstić information content (AvgIpc) is 2.85. The number of H-pyrrole nitrogens is 1. The van der Waals surface area contributed by atoms with E-state index in [4.69, 9.17) is 34.8 Å². The minimum Gasteiger partial charge on any atom is -0.278 e. The Morgan fingerprint density at radius 2 is 1.79 bits per heavy atom. The summed E-state index contributed by atoms with van der Waals surface area (Å²) < 4.78 is 0. The van der Waals surface area contributed by atoms with E-state index in [0.29, 0.717) is 15.6 Å². The molecule has 0 aliphatic rings. The summed E-state index contributed by atoms with van der Waals surface area (Å²) in [5.74, 6) is 0. The van der Waals surface area contributed by atoms with Crippen LogP contribution in [0.3, 0.4) is 0 Å². The van der Waals surface area contributed by atoms with Crippen LogP contribution in [0.4, 0.5) is 0 Å². The largest absolute Gasteiger partial charge is 0.278 e. The Balaban J connectivity index is 2.10. The average molecular weight is 313 g/mol. The van der Waals surface area contributed by atoms with Gasteiger partial charge in [-0.05, 0) is 11.6 Å². The Hall–Kier alpha value is -1.29.